The maximum absolute atomic E-state index is 11.1. The van der Waals surface area contributed by atoms with Crippen molar-refractivity contribution >= 4 is 0 Å². The lowest BCUT2D eigenvalue weighted by atomic mass is 9.79. The molecule has 1 aromatic rings. The van der Waals surface area contributed by atoms with Crippen LogP contribution in [0.2, 0.25) is 0 Å². The number of hydrogen-bond donors (Lipinski definition) is 1. The number of para-hydroxylation sites is 1. The molecular formula is C18H24O3. The Kier molecular flexibility index (Phi) is 3.14. The molecule has 1 aliphatic heterocycles. The van der Waals surface area contributed by atoms with Crippen LogP contribution in [0.25, 0.3) is 0 Å². The third-order valence-electron chi connectivity index (χ3n) is 5.36. The van der Waals surface area contributed by atoms with E-state index in [1.54, 1.807) is 0 Å². The van der Waals surface area contributed by atoms with Crippen molar-refractivity contribution in [2.24, 2.45) is 0 Å². The van der Waals surface area contributed by atoms with Crippen LogP contribution in [-0.2, 0) is 5.60 Å². The van der Waals surface area contributed by atoms with Gasteiger partial charge in [0.2, 0.25) is 0 Å². The van der Waals surface area contributed by atoms with E-state index in [2.05, 4.69) is 0 Å². The minimum atomic E-state index is -0.729. The molecule has 0 aromatic heterocycles. The van der Waals surface area contributed by atoms with Crippen molar-refractivity contribution in [2.45, 2.75) is 75.6 Å². The molecule has 21 heavy (non-hydrogen) atoms. The van der Waals surface area contributed by atoms with Gasteiger partial charge in [-0.25, -0.2) is 0 Å². The van der Waals surface area contributed by atoms with Crippen molar-refractivity contribution in [3.63, 3.8) is 0 Å². The lowest BCUT2D eigenvalue weighted by molar-refractivity contribution is -0.107. The summed E-state index contributed by atoms with van der Waals surface area (Å²) in [6.07, 6.45) is 10.6. The molecule has 3 heteroatoms. The summed E-state index contributed by atoms with van der Waals surface area (Å²) >= 11 is 0. The molecule has 0 saturated heterocycles. The predicted octanol–water partition coefficient (Wildman–Crippen LogP) is 4.27. The molecule has 0 amide bonds. The van der Waals surface area contributed by atoms with E-state index >= 15 is 0 Å². The SMILES string of the molecule is OC1(c2cccc3c2OC2(CCCCC2)O3)CCCCC1. The van der Waals surface area contributed by atoms with Crippen molar-refractivity contribution in [3.8, 4) is 11.5 Å². The lowest BCUT2D eigenvalue weighted by Crippen LogP contribution is -2.40. The summed E-state index contributed by atoms with van der Waals surface area (Å²) < 4.78 is 12.5. The molecule has 3 aliphatic rings. The Morgan fingerprint density at radius 1 is 0.810 bits per heavy atom. The average Bonchev–Trinajstić information content (AvgIpc) is 2.85. The fourth-order valence-electron chi connectivity index (χ4n) is 4.18. The molecule has 4 rings (SSSR count). The van der Waals surface area contributed by atoms with Crippen LogP contribution in [0, 0.1) is 0 Å². The Balaban J connectivity index is 1.69. The maximum atomic E-state index is 11.1. The molecule has 114 valence electrons. The van der Waals surface area contributed by atoms with Gasteiger partial charge >= 0.3 is 0 Å². The highest BCUT2D eigenvalue weighted by Gasteiger charge is 2.46. The summed E-state index contributed by atoms with van der Waals surface area (Å²) in [7, 11) is 0. The Morgan fingerprint density at radius 2 is 1.48 bits per heavy atom. The summed E-state index contributed by atoms with van der Waals surface area (Å²) in [5.41, 5.74) is 0.217. The van der Waals surface area contributed by atoms with Crippen molar-refractivity contribution < 1.29 is 14.6 Å². The first-order valence-corrected chi connectivity index (χ1v) is 8.45. The number of benzene rings is 1. The molecule has 0 atom stereocenters. The number of fused-ring (bicyclic) bond motifs is 1. The molecule has 1 spiro atoms. The fraction of sp³-hybridized carbons (Fsp3) is 0.667. The van der Waals surface area contributed by atoms with E-state index in [0.717, 1.165) is 68.4 Å². The molecular weight excluding hydrogens is 264 g/mol. The van der Waals surface area contributed by atoms with Gasteiger partial charge in [0, 0.05) is 18.4 Å². The first-order valence-electron chi connectivity index (χ1n) is 8.45. The highest BCUT2D eigenvalue weighted by atomic mass is 16.7. The molecule has 0 unspecified atom stereocenters. The summed E-state index contributed by atoms with van der Waals surface area (Å²) in [6.45, 7) is 0. The fourth-order valence-corrected chi connectivity index (χ4v) is 4.18. The zero-order valence-corrected chi connectivity index (χ0v) is 12.6. The van der Waals surface area contributed by atoms with E-state index in [9.17, 15) is 5.11 Å². The van der Waals surface area contributed by atoms with E-state index in [1.807, 2.05) is 18.2 Å². The number of hydrogen-bond acceptors (Lipinski definition) is 3. The van der Waals surface area contributed by atoms with Crippen LogP contribution in [0.5, 0.6) is 11.5 Å². The van der Waals surface area contributed by atoms with Crippen LogP contribution in [0.3, 0.4) is 0 Å². The van der Waals surface area contributed by atoms with Crippen LogP contribution in [0.4, 0.5) is 0 Å². The Labute approximate surface area is 126 Å². The van der Waals surface area contributed by atoms with Gasteiger partial charge in [-0.05, 0) is 31.7 Å². The highest BCUT2D eigenvalue weighted by Crippen LogP contribution is 2.51. The first kappa shape index (κ1) is 13.4. The van der Waals surface area contributed by atoms with Gasteiger partial charge in [-0.1, -0.05) is 37.8 Å². The number of rotatable bonds is 1. The Hall–Kier alpha value is -1.22. The quantitative estimate of drug-likeness (QED) is 0.838. The van der Waals surface area contributed by atoms with Crippen molar-refractivity contribution in [1.82, 2.24) is 0 Å². The standard InChI is InChI=1S/C18H24O3/c19-17(10-3-1-4-11-17)14-8-7-9-15-16(14)21-18(20-15)12-5-2-6-13-18/h7-9,19H,1-6,10-13H2. The van der Waals surface area contributed by atoms with Gasteiger partial charge in [0.1, 0.15) is 0 Å². The minimum absolute atomic E-state index is 0.457. The van der Waals surface area contributed by atoms with Crippen LogP contribution < -0.4 is 9.47 Å². The van der Waals surface area contributed by atoms with Gasteiger partial charge in [-0.15, -0.1) is 0 Å². The molecule has 2 saturated carbocycles. The molecule has 2 fully saturated rings. The van der Waals surface area contributed by atoms with Gasteiger partial charge < -0.3 is 14.6 Å². The van der Waals surface area contributed by atoms with Crippen LogP contribution in [0.1, 0.15) is 69.8 Å². The molecule has 1 N–H and O–H groups in total. The van der Waals surface area contributed by atoms with E-state index in [4.69, 9.17) is 9.47 Å². The molecule has 3 nitrogen and oxygen atoms in total. The second kappa shape index (κ2) is 4.91. The number of aliphatic hydroxyl groups is 1. The van der Waals surface area contributed by atoms with Crippen LogP contribution >= 0.6 is 0 Å². The number of ether oxygens (including phenoxy) is 2. The molecule has 0 bridgehead atoms. The summed E-state index contributed by atoms with van der Waals surface area (Å²) in [6, 6.07) is 6.00. The van der Waals surface area contributed by atoms with Gasteiger partial charge in [0.25, 0.3) is 5.79 Å². The molecule has 0 radical (unpaired) electrons. The van der Waals surface area contributed by atoms with Gasteiger partial charge in [0.05, 0.1) is 5.60 Å². The zero-order valence-electron chi connectivity index (χ0n) is 12.6. The lowest BCUT2D eigenvalue weighted by Gasteiger charge is -2.34. The topological polar surface area (TPSA) is 38.7 Å². The third kappa shape index (κ3) is 2.22. The van der Waals surface area contributed by atoms with Gasteiger partial charge in [-0.2, -0.15) is 0 Å². The van der Waals surface area contributed by atoms with E-state index < -0.39 is 11.4 Å². The highest BCUT2D eigenvalue weighted by molar-refractivity contribution is 5.52. The van der Waals surface area contributed by atoms with E-state index in [0.29, 0.717) is 0 Å². The van der Waals surface area contributed by atoms with Gasteiger partial charge in [-0.3, -0.25) is 0 Å². The Morgan fingerprint density at radius 3 is 2.19 bits per heavy atom. The molecule has 2 aliphatic carbocycles. The Bertz CT molecular complexity index is 525. The van der Waals surface area contributed by atoms with Crippen LogP contribution in [-0.4, -0.2) is 10.9 Å². The van der Waals surface area contributed by atoms with Crippen molar-refractivity contribution in [3.05, 3.63) is 23.8 Å². The van der Waals surface area contributed by atoms with E-state index in [1.165, 1.54) is 12.8 Å². The van der Waals surface area contributed by atoms with Crippen molar-refractivity contribution in [1.29, 1.82) is 0 Å². The minimum Gasteiger partial charge on any atom is -0.448 e. The summed E-state index contributed by atoms with van der Waals surface area (Å²) in [4.78, 5) is 0. The second-order valence-electron chi connectivity index (χ2n) is 6.90. The van der Waals surface area contributed by atoms with Crippen molar-refractivity contribution in [2.75, 3.05) is 0 Å². The maximum Gasteiger partial charge on any atom is 0.251 e. The van der Waals surface area contributed by atoms with Crippen LogP contribution in [0.15, 0.2) is 18.2 Å². The normalized spacial score (nSPS) is 26.0. The average molecular weight is 288 g/mol. The zero-order chi connectivity index (χ0) is 14.3. The summed E-state index contributed by atoms with van der Waals surface area (Å²) in [5, 5.41) is 11.1. The van der Waals surface area contributed by atoms with Gasteiger partial charge in [0.15, 0.2) is 11.5 Å². The smallest absolute Gasteiger partial charge is 0.251 e. The monoisotopic (exact) mass is 288 g/mol. The second-order valence-corrected chi connectivity index (χ2v) is 6.90. The largest absolute Gasteiger partial charge is 0.448 e. The molecule has 1 heterocycles. The summed E-state index contributed by atoms with van der Waals surface area (Å²) in [5.74, 6) is 1.18. The third-order valence-corrected chi connectivity index (χ3v) is 5.36. The van der Waals surface area contributed by atoms with E-state index in [-0.39, 0.29) is 0 Å². The predicted molar refractivity (Wildman–Crippen MR) is 80.5 cm³/mol. The molecule has 1 aromatic carbocycles. The first-order chi connectivity index (χ1) is 10.2.